The first-order chi connectivity index (χ1) is 11.1. The molecule has 0 radical (unpaired) electrons. The van der Waals surface area contributed by atoms with Crippen LogP contribution in [0.2, 0.25) is 0 Å². The van der Waals surface area contributed by atoms with Gasteiger partial charge in [-0.2, -0.15) is 5.10 Å². The number of amidine groups is 1. The third kappa shape index (κ3) is 5.56. The van der Waals surface area contributed by atoms with Crippen LogP contribution in [0.25, 0.3) is 0 Å². The number of nitrogens with zero attached hydrogens (tertiary/aromatic N) is 2. The molecular weight excluding hydrogens is 309 g/mol. The fraction of sp³-hybridized carbons (Fsp3) is 0.125. The number of hydrogen-bond donors (Lipinski definition) is 3. The van der Waals surface area contributed by atoms with E-state index in [4.69, 9.17) is 5.73 Å². The summed E-state index contributed by atoms with van der Waals surface area (Å²) in [6.45, 7) is 1.81. The largest absolute Gasteiger partial charge is 0.488 e. The molecule has 0 fully saturated rings. The molecule has 4 N–H and O–H groups in total. The Bertz CT molecular complexity index is 706. The van der Waals surface area contributed by atoms with E-state index in [0.29, 0.717) is 10.6 Å². The predicted octanol–water partition coefficient (Wildman–Crippen LogP) is 1.26. The Balaban J connectivity index is 1.93. The molecule has 2 aromatic carbocycles. The normalized spacial score (nSPS) is 11.9. The van der Waals surface area contributed by atoms with Gasteiger partial charge in [-0.15, -0.1) is 5.10 Å². The van der Waals surface area contributed by atoms with Crippen LogP contribution in [-0.4, -0.2) is 28.5 Å². The first-order valence-electron chi connectivity index (χ1n) is 7.06. The van der Waals surface area contributed by atoms with Crippen LogP contribution in [0.1, 0.15) is 16.7 Å². The molecule has 0 unspecified atom stereocenters. The zero-order valence-corrected chi connectivity index (χ0v) is 13.6. The molecule has 0 heterocycles. The fourth-order valence-corrected chi connectivity index (χ4v) is 2.59. The Hall–Kier alpha value is -2.09. The van der Waals surface area contributed by atoms with Crippen molar-refractivity contribution in [2.45, 2.75) is 12.7 Å². The Morgan fingerprint density at radius 3 is 2.61 bits per heavy atom. The van der Waals surface area contributed by atoms with Gasteiger partial charge in [0.25, 0.3) is 0 Å². The van der Waals surface area contributed by atoms with Crippen molar-refractivity contribution >= 4 is 35.7 Å². The lowest BCUT2D eigenvalue weighted by atomic mass is 9.77. The number of benzene rings is 2. The van der Waals surface area contributed by atoms with Crippen molar-refractivity contribution in [3.05, 3.63) is 65.2 Å². The van der Waals surface area contributed by atoms with Crippen LogP contribution in [0, 0.1) is 6.92 Å². The van der Waals surface area contributed by atoms with E-state index in [2.05, 4.69) is 10.2 Å². The van der Waals surface area contributed by atoms with Gasteiger partial charge in [-0.1, -0.05) is 65.9 Å². The zero-order valence-electron chi connectivity index (χ0n) is 12.8. The Labute approximate surface area is 140 Å². The topological polar surface area (TPSA) is 91.2 Å². The summed E-state index contributed by atoms with van der Waals surface area (Å²) in [5.74, 6) is 0.744. The van der Waals surface area contributed by atoms with E-state index in [1.165, 1.54) is 17.3 Å². The quantitative estimate of drug-likeness (QED) is 0.334. The van der Waals surface area contributed by atoms with Gasteiger partial charge in [0.15, 0.2) is 5.17 Å². The van der Waals surface area contributed by atoms with Crippen molar-refractivity contribution in [1.82, 2.24) is 0 Å². The van der Waals surface area contributed by atoms with Gasteiger partial charge < -0.3 is 15.8 Å². The standard InChI is InChI=1S/C16H18BN3O2S/c1-12-9-14(7-8-15(12)17(21)22)10-19-20-16(18)23-11-13-5-3-2-4-6-13/h2-10,21-22H,11H2,1H3,(H2,18,20). The van der Waals surface area contributed by atoms with Crippen LogP contribution in [0.5, 0.6) is 0 Å². The van der Waals surface area contributed by atoms with Crippen molar-refractivity contribution in [3.63, 3.8) is 0 Å². The monoisotopic (exact) mass is 327 g/mol. The first kappa shape index (κ1) is 17.3. The second-order valence-electron chi connectivity index (χ2n) is 4.95. The van der Waals surface area contributed by atoms with Crippen LogP contribution in [-0.2, 0) is 5.75 Å². The van der Waals surface area contributed by atoms with Gasteiger partial charge >= 0.3 is 7.12 Å². The molecule has 0 saturated carbocycles. The van der Waals surface area contributed by atoms with Gasteiger partial charge in [0.1, 0.15) is 0 Å². The van der Waals surface area contributed by atoms with Crippen molar-refractivity contribution in [1.29, 1.82) is 0 Å². The highest BCUT2D eigenvalue weighted by Crippen LogP contribution is 2.11. The van der Waals surface area contributed by atoms with Gasteiger partial charge in [0.2, 0.25) is 0 Å². The van der Waals surface area contributed by atoms with E-state index < -0.39 is 7.12 Å². The molecule has 0 aliphatic heterocycles. The molecule has 23 heavy (non-hydrogen) atoms. The van der Waals surface area contributed by atoms with E-state index in [1.807, 2.05) is 30.3 Å². The second kappa shape index (κ2) is 8.52. The first-order valence-corrected chi connectivity index (χ1v) is 8.04. The van der Waals surface area contributed by atoms with Gasteiger partial charge in [-0.3, -0.25) is 0 Å². The molecule has 0 aromatic heterocycles. The average molecular weight is 327 g/mol. The van der Waals surface area contributed by atoms with E-state index in [-0.39, 0.29) is 0 Å². The van der Waals surface area contributed by atoms with Crippen molar-refractivity contribution in [2.75, 3.05) is 0 Å². The highest BCUT2D eigenvalue weighted by Gasteiger charge is 2.13. The molecule has 0 amide bonds. The predicted molar refractivity (Wildman–Crippen MR) is 98.0 cm³/mol. The highest BCUT2D eigenvalue weighted by molar-refractivity contribution is 8.13. The number of rotatable bonds is 5. The van der Waals surface area contributed by atoms with E-state index in [0.717, 1.165) is 16.9 Å². The molecule has 5 nitrogen and oxygen atoms in total. The molecule has 0 saturated heterocycles. The van der Waals surface area contributed by atoms with Gasteiger partial charge in [0, 0.05) is 5.75 Å². The maximum absolute atomic E-state index is 9.18. The molecule has 7 heteroatoms. The molecule has 2 rings (SSSR count). The second-order valence-corrected chi connectivity index (χ2v) is 5.94. The summed E-state index contributed by atoms with van der Waals surface area (Å²) in [4.78, 5) is 0. The summed E-state index contributed by atoms with van der Waals surface area (Å²) in [6, 6.07) is 15.2. The Morgan fingerprint density at radius 2 is 1.96 bits per heavy atom. The zero-order chi connectivity index (χ0) is 16.7. The lowest BCUT2D eigenvalue weighted by molar-refractivity contribution is 0.425. The summed E-state index contributed by atoms with van der Waals surface area (Å²) >= 11 is 1.42. The van der Waals surface area contributed by atoms with E-state index in [1.54, 1.807) is 31.3 Å². The number of nitrogens with two attached hydrogens (primary N) is 1. The van der Waals surface area contributed by atoms with E-state index >= 15 is 0 Å². The van der Waals surface area contributed by atoms with Crippen LogP contribution in [0.3, 0.4) is 0 Å². The van der Waals surface area contributed by atoms with Gasteiger partial charge in [-0.25, -0.2) is 0 Å². The summed E-state index contributed by atoms with van der Waals surface area (Å²) in [5.41, 5.74) is 9.06. The molecule has 0 atom stereocenters. The molecule has 2 aromatic rings. The summed E-state index contributed by atoms with van der Waals surface area (Å²) in [5, 5.41) is 26.7. The summed E-state index contributed by atoms with van der Waals surface area (Å²) in [7, 11) is -1.47. The highest BCUT2D eigenvalue weighted by atomic mass is 32.2. The Morgan fingerprint density at radius 1 is 1.22 bits per heavy atom. The van der Waals surface area contributed by atoms with Crippen molar-refractivity contribution < 1.29 is 10.0 Å². The third-order valence-corrected chi connectivity index (χ3v) is 4.02. The molecule has 0 spiro atoms. The molecule has 0 aliphatic carbocycles. The van der Waals surface area contributed by atoms with Crippen LogP contribution < -0.4 is 11.2 Å². The number of thioether (sulfide) groups is 1. The van der Waals surface area contributed by atoms with Crippen LogP contribution >= 0.6 is 11.8 Å². The SMILES string of the molecule is Cc1cc(C=NN=C(N)SCc2ccccc2)ccc1B(O)O. The maximum atomic E-state index is 9.18. The lowest BCUT2D eigenvalue weighted by Gasteiger charge is -2.04. The minimum absolute atomic E-state index is 0.393. The summed E-state index contributed by atoms with van der Waals surface area (Å²) < 4.78 is 0. The number of hydrogen-bond acceptors (Lipinski definition) is 5. The van der Waals surface area contributed by atoms with Gasteiger partial charge in [-0.05, 0) is 23.5 Å². The molecule has 118 valence electrons. The Kier molecular flexibility index (Phi) is 6.40. The van der Waals surface area contributed by atoms with Gasteiger partial charge in [0.05, 0.1) is 6.21 Å². The molecule has 0 aliphatic rings. The van der Waals surface area contributed by atoms with Crippen molar-refractivity contribution in [2.24, 2.45) is 15.9 Å². The van der Waals surface area contributed by atoms with E-state index in [9.17, 15) is 10.0 Å². The summed E-state index contributed by atoms with van der Waals surface area (Å²) in [6.07, 6.45) is 1.58. The maximum Gasteiger partial charge on any atom is 0.488 e. The minimum Gasteiger partial charge on any atom is -0.423 e. The number of aryl methyl sites for hydroxylation is 1. The molecule has 0 bridgehead atoms. The minimum atomic E-state index is -1.47. The fourth-order valence-electron chi connectivity index (χ4n) is 1.98. The smallest absolute Gasteiger partial charge is 0.423 e. The van der Waals surface area contributed by atoms with Crippen LogP contribution in [0.15, 0.2) is 58.7 Å². The lowest BCUT2D eigenvalue weighted by Crippen LogP contribution is -2.32. The average Bonchev–Trinajstić information content (AvgIpc) is 2.53. The molecular formula is C16H18BN3O2S. The third-order valence-electron chi connectivity index (χ3n) is 3.16. The van der Waals surface area contributed by atoms with Crippen molar-refractivity contribution in [3.8, 4) is 0 Å². The van der Waals surface area contributed by atoms with Crippen LogP contribution in [0.4, 0.5) is 0 Å².